The number of rotatable bonds is 2. The Morgan fingerprint density at radius 3 is 2.88 bits per heavy atom. The fourth-order valence-corrected chi connectivity index (χ4v) is 1.10. The Kier molecular flexibility index (Phi) is 4.03. The second kappa shape index (κ2) is 5.29. The zero-order chi connectivity index (χ0) is 12.9. The first kappa shape index (κ1) is 13.0. The molecule has 2 N–H and O–H groups in total. The van der Waals surface area contributed by atoms with Crippen LogP contribution < -0.4 is 5.32 Å². The summed E-state index contributed by atoms with van der Waals surface area (Å²) in [6.07, 6.45) is 3.59. The quantitative estimate of drug-likeness (QED) is 0.469. The van der Waals surface area contributed by atoms with Gasteiger partial charge in [-0.3, -0.25) is 10.3 Å². The van der Waals surface area contributed by atoms with Gasteiger partial charge in [0.1, 0.15) is 5.60 Å². The third-order valence-electron chi connectivity index (χ3n) is 1.68. The Bertz CT molecular complexity index is 424. The first-order chi connectivity index (χ1) is 7.92. The lowest BCUT2D eigenvalue weighted by atomic mass is 10.2. The van der Waals surface area contributed by atoms with Crippen LogP contribution in [0.4, 0.5) is 10.5 Å². The van der Waals surface area contributed by atoms with Crippen molar-refractivity contribution in [3.05, 3.63) is 24.0 Å². The Hall–Kier alpha value is -2.11. The Labute approximate surface area is 99.3 Å². The molecule has 0 aliphatic rings. The molecule has 0 atom stereocenters. The van der Waals surface area contributed by atoms with Gasteiger partial charge < -0.3 is 9.94 Å². The monoisotopic (exact) mass is 237 g/mol. The molecule has 6 nitrogen and oxygen atoms in total. The number of pyridine rings is 1. The predicted molar refractivity (Wildman–Crippen MR) is 63.5 cm³/mol. The van der Waals surface area contributed by atoms with E-state index in [2.05, 4.69) is 15.5 Å². The highest BCUT2D eigenvalue weighted by atomic mass is 16.6. The summed E-state index contributed by atoms with van der Waals surface area (Å²) >= 11 is 0. The van der Waals surface area contributed by atoms with Crippen molar-refractivity contribution >= 4 is 18.0 Å². The van der Waals surface area contributed by atoms with Crippen LogP contribution in [0.3, 0.4) is 0 Å². The highest BCUT2D eigenvalue weighted by Gasteiger charge is 2.16. The van der Waals surface area contributed by atoms with E-state index in [0.29, 0.717) is 11.3 Å². The number of hydrogen-bond acceptors (Lipinski definition) is 5. The lowest BCUT2D eigenvalue weighted by Crippen LogP contribution is -2.27. The summed E-state index contributed by atoms with van der Waals surface area (Å²) in [5.74, 6) is 0. The topological polar surface area (TPSA) is 83.8 Å². The van der Waals surface area contributed by atoms with E-state index < -0.39 is 11.7 Å². The number of anilines is 1. The molecule has 0 bridgehead atoms. The van der Waals surface area contributed by atoms with Crippen molar-refractivity contribution in [2.24, 2.45) is 5.16 Å². The van der Waals surface area contributed by atoms with Gasteiger partial charge in [-0.2, -0.15) is 0 Å². The average molecular weight is 237 g/mol. The standard InChI is InChI=1S/C11H15N3O3/c1-11(2,3)17-10(15)14-9-4-5-12-6-8(9)7-13-16/h4-7,16H,1-3H3,(H,12,14,15)/b13-7+. The largest absolute Gasteiger partial charge is 0.444 e. The third kappa shape index (κ3) is 4.50. The fraction of sp³-hybridized carbons (Fsp3) is 0.364. The van der Waals surface area contributed by atoms with Gasteiger partial charge in [-0.25, -0.2) is 4.79 Å². The molecule has 0 spiro atoms. The minimum Gasteiger partial charge on any atom is -0.444 e. The molecule has 1 aromatic heterocycles. The summed E-state index contributed by atoms with van der Waals surface area (Å²) in [5.41, 5.74) is 0.385. The van der Waals surface area contributed by atoms with Gasteiger partial charge in [0.15, 0.2) is 0 Å². The number of oxime groups is 1. The van der Waals surface area contributed by atoms with Crippen molar-refractivity contribution in [2.75, 3.05) is 5.32 Å². The third-order valence-corrected chi connectivity index (χ3v) is 1.68. The number of amides is 1. The van der Waals surface area contributed by atoms with Gasteiger partial charge in [0.05, 0.1) is 11.9 Å². The highest BCUT2D eigenvalue weighted by molar-refractivity contribution is 5.94. The molecule has 0 aliphatic carbocycles. The van der Waals surface area contributed by atoms with Crippen molar-refractivity contribution in [2.45, 2.75) is 26.4 Å². The molecule has 1 heterocycles. The van der Waals surface area contributed by atoms with Crippen molar-refractivity contribution in [3.63, 3.8) is 0 Å². The van der Waals surface area contributed by atoms with Crippen LogP contribution in [-0.4, -0.2) is 28.1 Å². The minimum atomic E-state index is -0.573. The van der Waals surface area contributed by atoms with E-state index in [1.165, 1.54) is 18.6 Å². The number of aromatic nitrogens is 1. The van der Waals surface area contributed by atoms with Gasteiger partial charge in [-0.05, 0) is 26.8 Å². The average Bonchev–Trinajstić information content (AvgIpc) is 2.18. The molecule has 1 amide bonds. The van der Waals surface area contributed by atoms with Gasteiger partial charge in [0, 0.05) is 18.0 Å². The molecule has 0 saturated carbocycles. The van der Waals surface area contributed by atoms with E-state index >= 15 is 0 Å². The van der Waals surface area contributed by atoms with E-state index in [4.69, 9.17) is 9.94 Å². The van der Waals surface area contributed by atoms with Crippen LogP contribution in [0.15, 0.2) is 23.6 Å². The molecule has 6 heteroatoms. The second-order valence-corrected chi connectivity index (χ2v) is 4.33. The molecule has 1 rings (SSSR count). The first-order valence-corrected chi connectivity index (χ1v) is 5.04. The maximum absolute atomic E-state index is 11.5. The van der Waals surface area contributed by atoms with E-state index in [1.807, 2.05) is 0 Å². The van der Waals surface area contributed by atoms with Gasteiger partial charge in [0.25, 0.3) is 0 Å². The molecule has 17 heavy (non-hydrogen) atoms. The molecule has 1 aromatic rings. The van der Waals surface area contributed by atoms with Crippen LogP contribution in [0, 0.1) is 0 Å². The van der Waals surface area contributed by atoms with E-state index in [-0.39, 0.29) is 0 Å². The highest BCUT2D eigenvalue weighted by Crippen LogP contribution is 2.14. The lowest BCUT2D eigenvalue weighted by molar-refractivity contribution is 0.0636. The van der Waals surface area contributed by atoms with Crippen molar-refractivity contribution in [1.29, 1.82) is 0 Å². The normalized spacial score (nSPS) is 11.5. The zero-order valence-corrected chi connectivity index (χ0v) is 9.97. The summed E-state index contributed by atoms with van der Waals surface area (Å²) in [6, 6.07) is 1.58. The molecular weight excluding hydrogens is 222 g/mol. The summed E-state index contributed by atoms with van der Waals surface area (Å²) in [6.45, 7) is 5.32. The van der Waals surface area contributed by atoms with Gasteiger partial charge in [-0.1, -0.05) is 5.16 Å². The van der Waals surface area contributed by atoms with Gasteiger partial charge in [-0.15, -0.1) is 0 Å². The van der Waals surface area contributed by atoms with Crippen LogP contribution >= 0.6 is 0 Å². The summed E-state index contributed by atoms with van der Waals surface area (Å²) < 4.78 is 5.10. The van der Waals surface area contributed by atoms with Crippen molar-refractivity contribution < 1.29 is 14.7 Å². The van der Waals surface area contributed by atoms with Crippen LogP contribution in [0.5, 0.6) is 0 Å². The van der Waals surface area contributed by atoms with Crippen LogP contribution in [0.1, 0.15) is 26.3 Å². The van der Waals surface area contributed by atoms with Crippen molar-refractivity contribution in [3.8, 4) is 0 Å². The predicted octanol–water partition coefficient (Wildman–Crippen LogP) is 2.24. The zero-order valence-electron chi connectivity index (χ0n) is 9.97. The van der Waals surface area contributed by atoms with E-state index in [9.17, 15) is 4.79 Å². The molecule has 0 unspecified atom stereocenters. The molecule has 0 radical (unpaired) electrons. The lowest BCUT2D eigenvalue weighted by Gasteiger charge is -2.20. The van der Waals surface area contributed by atoms with Gasteiger partial charge >= 0.3 is 6.09 Å². The molecular formula is C11H15N3O3. The number of hydrogen-bond donors (Lipinski definition) is 2. The van der Waals surface area contributed by atoms with Crippen molar-refractivity contribution in [1.82, 2.24) is 4.98 Å². The Morgan fingerprint density at radius 1 is 1.59 bits per heavy atom. The SMILES string of the molecule is CC(C)(C)OC(=O)Nc1ccncc1/C=N/O. The number of ether oxygens (including phenoxy) is 1. The molecule has 0 saturated heterocycles. The minimum absolute atomic E-state index is 0.465. The fourth-order valence-electron chi connectivity index (χ4n) is 1.10. The number of carbonyl (C=O) groups is 1. The maximum Gasteiger partial charge on any atom is 0.412 e. The maximum atomic E-state index is 11.5. The van der Waals surface area contributed by atoms with E-state index in [0.717, 1.165) is 0 Å². The summed E-state index contributed by atoms with van der Waals surface area (Å²) in [7, 11) is 0. The van der Waals surface area contributed by atoms with Crippen LogP contribution in [0.2, 0.25) is 0 Å². The molecule has 0 aromatic carbocycles. The number of nitrogens with one attached hydrogen (secondary N) is 1. The molecule has 0 fully saturated rings. The van der Waals surface area contributed by atoms with Crippen LogP contribution in [-0.2, 0) is 4.74 Å². The smallest absolute Gasteiger partial charge is 0.412 e. The first-order valence-electron chi connectivity index (χ1n) is 5.04. The second-order valence-electron chi connectivity index (χ2n) is 4.33. The summed E-state index contributed by atoms with van der Waals surface area (Å²) in [5, 5.41) is 13.9. The van der Waals surface area contributed by atoms with E-state index in [1.54, 1.807) is 26.8 Å². The number of carbonyl (C=O) groups excluding carboxylic acids is 1. The Balaban J connectivity index is 2.78. The Morgan fingerprint density at radius 2 is 2.29 bits per heavy atom. The molecule has 92 valence electrons. The van der Waals surface area contributed by atoms with Crippen LogP contribution in [0.25, 0.3) is 0 Å². The summed E-state index contributed by atoms with van der Waals surface area (Å²) in [4.78, 5) is 15.4. The molecule has 0 aliphatic heterocycles. The number of nitrogens with zero attached hydrogens (tertiary/aromatic N) is 2. The van der Waals surface area contributed by atoms with Gasteiger partial charge in [0.2, 0.25) is 0 Å².